The lowest BCUT2D eigenvalue weighted by atomic mass is 10.2. The van der Waals surface area contributed by atoms with E-state index in [1.165, 1.54) is 12.8 Å². The molecule has 15 heavy (non-hydrogen) atoms. The van der Waals surface area contributed by atoms with Crippen LogP contribution in [0.5, 0.6) is 0 Å². The first kappa shape index (κ1) is 10.6. The predicted molar refractivity (Wildman–Crippen MR) is 58.3 cm³/mol. The predicted octanol–water partition coefficient (Wildman–Crippen LogP) is 1.16. The van der Waals surface area contributed by atoms with Gasteiger partial charge in [-0.05, 0) is 25.7 Å². The monoisotopic (exact) mass is 209 g/mol. The Morgan fingerprint density at radius 2 is 2.47 bits per heavy atom. The topological polar surface area (TPSA) is 53.1 Å². The van der Waals surface area contributed by atoms with Crippen LogP contribution in [-0.4, -0.2) is 22.2 Å². The van der Waals surface area contributed by atoms with Crippen LogP contribution in [0.2, 0.25) is 0 Å². The van der Waals surface area contributed by atoms with Gasteiger partial charge < -0.3 is 15.0 Å². The van der Waals surface area contributed by atoms with Crippen LogP contribution in [0.15, 0.2) is 12.4 Å². The molecular weight excluding hydrogens is 190 g/mol. The molecule has 1 heterocycles. The number of imidazole rings is 1. The Morgan fingerprint density at radius 3 is 3.13 bits per heavy atom. The van der Waals surface area contributed by atoms with Crippen LogP contribution in [0.4, 0.5) is 0 Å². The van der Waals surface area contributed by atoms with Gasteiger partial charge in [-0.15, -0.1) is 0 Å². The minimum absolute atomic E-state index is 0.148. The van der Waals surface area contributed by atoms with E-state index in [1.807, 2.05) is 17.7 Å². The van der Waals surface area contributed by atoms with Crippen LogP contribution in [0.25, 0.3) is 0 Å². The van der Waals surface area contributed by atoms with Gasteiger partial charge in [-0.1, -0.05) is 0 Å². The van der Waals surface area contributed by atoms with E-state index in [-0.39, 0.29) is 6.04 Å². The van der Waals surface area contributed by atoms with Crippen LogP contribution in [0.3, 0.4) is 0 Å². The Hall–Kier alpha value is -0.870. The molecule has 2 N–H and O–H groups in total. The van der Waals surface area contributed by atoms with E-state index in [4.69, 9.17) is 10.5 Å². The van der Waals surface area contributed by atoms with Crippen molar-refractivity contribution in [2.45, 2.75) is 39.0 Å². The molecule has 4 nitrogen and oxygen atoms in total. The third kappa shape index (κ3) is 3.32. The van der Waals surface area contributed by atoms with Gasteiger partial charge in [-0.2, -0.15) is 0 Å². The van der Waals surface area contributed by atoms with E-state index < -0.39 is 0 Å². The normalized spacial score (nSPS) is 18.0. The van der Waals surface area contributed by atoms with Gasteiger partial charge >= 0.3 is 0 Å². The fourth-order valence-corrected chi connectivity index (χ4v) is 1.54. The second-order valence-corrected chi connectivity index (χ2v) is 4.44. The molecule has 0 amide bonds. The summed E-state index contributed by atoms with van der Waals surface area (Å²) in [4.78, 5) is 4.27. The quantitative estimate of drug-likeness (QED) is 0.765. The van der Waals surface area contributed by atoms with E-state index in [0.29, 0.717) is 6.73 Å². The van der Waals surface area contributed by atoms with Crippen LogP contribution in [0.1, 0.15) is 25.6 Å². The molecule has 84 valence electrons. The minimum atomic E-state index is 0.148. The average Bonchev–Trinajstić information content (AvgIpc) is 2.89. The van der Waals surface area contributed by atoms with Crippen molar-refractivity contribution in [3.63, 3.8) is 0 Å². The summed E-state index contributed by atoms with van der Waals surface area (Å²) >= 11 is 0. The zero-order chi connectivity index (χ0) is 10.7. The fourth-order valence-electron chi connectivity index (χ4n) is 1.54. The number of aromatic nitrogens is 2. The second-order valence-electron chi connectivity index (χ2n) is 4.44. The number of hydrogen-bond acceptors (Lipinski definition) is 3. The van der Waals surface area contributed by atoms with Crippen molar-refractivity contribution in [2.75, 3.05) is 6.61 Å². The highest BCUT2D eigenvalue weighted by atomic mass is 16.5. The molecule has 0 aromatic carbocycles. The van der Waals surface area contributed by atoms with Crippen molar-refractivity contribution in [3.8, 4) is 0 Å². The van der Waals surface area contributed by atoms with Crippen LogP contribution >= 0.6 is 0 Å². The van der Waals surface area contributed by atoms with E-state index >= 15 is 0 Å². The molecule has 0 saturated heterocycles. The molecule has 1 atom stereocenters. The van der Waals surface area contributed by atoms with Crippen molar-refractivity contribution in [1.82, 2.24) is 9.55 Å². The summed E-state index contributed by atoms with van der Waals surface area (Å²) in [5, 5.41) is 0. The highest BCUT2D eigenvalue weighted by Gasteiger charge is 2.21. The highest BCUT2D eigenvalue weighted by Crippen LogP contribution is 2.28. The average molecular weight is 209 g/mol. The van der Waals surface area contributed by atoms with Gasteiger partial charge in [-0.25, -0.2) is 4.98 Å². The first-order valence-electron chi connectivity index (χ1n) is 5.59. The number of hydrogen-bond donors (Lipinski definition) is 1. The van der Waals surface area contributed by atoms with Gasteiger partial charge in [-0.3, -0.25) is 0 Å². The first-order chi connectivity index (χ1) is 7.25. The van der Waals surface area contributed by atoms with Crippen molar-refractivity contribution < 1.29 is 4.74 Å². The molecule has 4 heteroatoms. The Morgan fingerprint density at radius 1 is 1.67 bits per heavy atom. The molecule has 1 aromatic rings. The summed E-state index contributed by atoms with van der Waals surface area (Å²) in [6, 6.07) is 0.148. The van der Waals surface area contributed by atoms with E-state index in [0.717, 1.165) is 24.8 Å². The van der Waals surface area contributed by atoms with E-state index in [1.54, 1.807) is 6.20 Å². The van der Waals surface area contributed by atoms with Gasteiger partial charge in [0.1, 0.15) is 12.6 Å². The smallest absolute Gasteiger partial charge is 0.124 e. The molecule has 1 aliphatic rings. The lowest BCUT2D eigenvalue weighted by Crippen LogP contribution is -2.21. The molecule has 1 fully saturated rings. The third-order valence-corrected chi connectivity index (χ3v) is 2.59. The Labute approximate surface area is 90.4 Å². The first-order valence-corrected chi connectivity index (χ1v) is 5.59. The molecule has 0 bridgehead atoms. The van der Waals surface area contributed by atoms with Crippen molar-refractivity contribution in [2.24, 2.45) is 11.7 Å². The van der Waals surface area contributed by atoms with Crippen molar-refractivity contribution in [1.29, 1.82) is 0 Å². The number of nitrogens with two attached hydrogens (primary N) is 1. The lowest BCUT2D eigenvalue weighted by molar-refractivity contribution is 0.0670. The van der Waals surface area contributed by atoms with Gasteiger partial charge in [0.2, 0.25) is 0 Å². The Kier molecular flexibility index (Phi) is 3.38. The molecule has 0 spiro atoms. The summed E-state index contributed by atoms with van der Waals surface area (Å²) in [5.74, 6) is 1.83. The van der Waals surface area contributed by atoms with Crippen LogP contribution in [0, 0.1) is 5.92 Å². The van der Waals surface area contributed by atoms with E-state index in [9.17, 15) is 0 Å². The molecule has 1 aromatic heterocycles. The number of ether oxygens (including phenoxy) is 1. The molecule has 0 aliphatic heterocycles. The summed E-state index contributed by atoms with van der Waals surface area (Å²) in [7, 11) is 0. The Balaban J connectivity index is 1.80. The second kappa shape index (κ2) is 4.77. The van der Waals surface area contributed by atoms with Gasteiger partial charge in [0.05, 0.1) is 6.61 Å². The van der Waals surface area contributed by atoms with E-state index in [2.05, 4.69) is 4.98 Å². The van der Waals surface area contributed by atoms with Crippen LogP contribution < -0.4 is 5.73 Å². The van der Waals surface area contributed by atoms with Gasteiger partial charge in [0.25, 0.3) is 0 Å². The maximum absolute atomic E-state index is 5.75. The number of rotatable bonds is 6. The Bertz CT molecular complexity index is 305. The summed E-state index contributed by atoms with van der Waals surface area (Å²) in [5.41, 5.74) is 5.75. The molecule has 0 radical (unpaired) electrons. The standard InChI is InChI=1S/C11H19N3O/c1-9(12)6-11-13-4-5-14(11)8-15-7-10-2-3-10/h4-5,9-10H,2-3,6-8,12H2,1H3. The summed E-state index contributed by atoms with van der Waals surface area (Å²) in [6.45, 7) is 3.48. The maximum atomic E-state index is 5.75. The molecule has 1 unspecified atom stereocenters. The van der Waals surface area contributed by atoms with Crippen molar-refractivity contribution in [3.05, 3.63) is 18.2 Å². The summed E-state index contributed by atoms with van der Waals surface area (Å²) < 4.78 is 7.64. The maximum Gasteiger partial charge on any atom is 0.124 e. The van der Waals surface area contributed by atoms with Gasteiger partial charge in [0.15, 0.2) is 0 Å². The molecule has 1 saturated carbocycles. The fraction of sp³-hybridized carbons (Fsp3) is 0.727. The molecule has 2 rings (SSSR count). The van der Waals surface area contributed by atoms with Crippen molar-refractivity contribution >= 4 is 0 Å². The van der Waals surface area contributed by atoms with Gasteiger partial charge in [0, 0.05) is 24.9 Å². The molecular formula is C11H19N3O. The number of nitrogens with zero attached hydrogens (tertiary/aromatic N) is 2. The summed E-state index contributed by atoms with van der Waals surface area (Å²) in [6.07, 6.45) is 7.22. The SMILES string of the molecule is CC(N)Cc1nccn1COCC1CC1. The molecule has 1 aliphatic carbocycles. The van der Waals surface area contributed by atoms with Crippen LogP contribution in [-0.2, 0) is 17.9 Å². The minimum Gasteiger partial charge on any atom is -0.360 e. The zero-order valence-electron chi connectivity index (χ0n) is 9.22. The largest absolute Gasteiger partial charge is 0.360 e. The third-order valence-electron chi connectivity index (χ3n) is 2.59. The highest BCUT2D eigenvalue weighted by molar-refractivity contribution is 4.93. The lowest BCUT2D eigenvalue weighted by Gasteiger charge is -2.09. The zero-order valence-corrected chi connectivity index (χ0v) is 9.22.